The summed E-state index contributed by atoms with van der Waals surface area (Å²) < 4.78 is 38.9. The number of carbonyl (C=O) groups is 1. The number of thiophene rings is 1. The van der Waals surface area contributed by atoms with Gasteiger partial charge in [-0.3, -0.25) is 4.79 Å². The van der Waals surface area contributed by atoms with Crippen LogP contribution >= 0.6 is 11.3 Å². The first kappa shape index (κ1) is 25.6. The summed E-state index contributed by atoms with van der Waals surface area (Å²) in [7, 11) is 0. The predicted octanol–water partition coefficient (Wildman–Crippen LogP) is 6.55. The van der Waals surface area contributed by atoms with Crippen molar-refractivity contribution in [3.05, 3.63) is 77.2 Å². The SMILES string of the molecule is CC(C)CN(CCC(=O)NCc1cccc(C(F)(F)F)c1)c1nc(-c2cccs2)nc2ccccc12. The van der Waals surface area contributed by atoms with Crippen molar-refractivity contribution in [2.24, 2.45) is 5.92 Å². The number of aromatic nitrogens is 2. The minimum absolute atomic E-state index is 0.0336. The van der Waals surface area contributed by atoms with E-state index in [2.05, 4.69) is 24.1 Å². The van der Waals surface area contributed by atoms with Gasteiger partial charge in [-0.1, -0.05) is 44.2 Å². The average molecular weight is 513 g/mol. The van der Waals surface area contributed by atoms with Crippen LogP contribution in [-0.2, 0) is 17.5 Å². The Balaban J connectivity index is 1.51. The maximum absolute atomic E-state index is 13.0. The van der Waals surface area contributed by atoms with Crippen LogP contribution in [-0.4, -0.2) is 29.0 Å². The highest BCUT2D eigenvalue weighted by atomic mass is 32.1. The van der Waals surface area contributed by atoms with Crippen LogP contribution in [0.1, 0.15) is 31.4 Å². The number of fused-ring (bicyclic) bond motifs is 1. The fraction of sp³-hybridized carbons (Fsp3) is 0.296. The maximum Gasteiger partial charge on any atom is 0.416 e. The number of benzene rings is 2. The molecule has 0 aliphatic carbocycles. The number of nitrogens with one attached hydrogen (secondary N) is 1. The molecule has 1 N–H and O–H groups in total. The molecule has 0 unspecified atom stereocenters. The van der Waals surface area contributed by atoms with E-state index in [0.717, 1.165) is 33.7 Å². The number of hydrogen-bond donors (Lipinski definition) is 1. The molecule has 188 valence electrons. The third kappa shape index (κ3) is 6.40. The molecule has 5 nitrogen and oxygen atoms in total. The van der Waals surface area contributed by atoms with Gasteiger partial charge in [0, 0.05) is 31.4 Å². The van der Waals surface area contributed by atoms with E-state index in [9.17, 15) is 18.0 Å². The van der Waals surface area contributed by atoms with Crippen LogP contribution in [0, 0.1) is 5.92 Å². The van der Waals surface area contributed by atoms with Crippen molar-refractivity contribution in [2.75, 3.05) is 18.0 Å². The highest BCUT2D eigenvalue weighted by molar-refractivity contribution is 7.13. The Kier molecular flexibility index (Phi) is 7.88. The van der Waals surface area contributed by atoms with E-state index in [0.29, 0.717) is 30.4 Å². The van der Waals surface area contributed by atoms with E-state index < -0.39 is 11.7 Å². The van der Waals surface area contributed by atoms with Gasteiger partial charge in [0.1, 0.15) is 5.82 Å². The number of nitrogens with zero attached hydrogens (tertiary/aromatic N) is 3. The zero-order valence-corrected chi connectivity index (χ0v) is 20.9. The average Bonchev–Trinajstić information content (AvgIpc) is 3.39. The molecule has 2 heterocycles. The van der Waals surface area contributed by atoms with E-state index in [4.69, 9.17) is 9.97 Å². The third-order valence-corrected chi connectivity index (χ3v) is 6.43. The Labute approximate surface area is 212 Å². The minimum Gasteiger partial charge on any atom is -0.355 e. The summed E-state index contributed by atoms with van der Waals surface area (Å²) in [6, 6.07) is 16.7. The molecule has 36 heavy (non-hydrogen) atoms. The summed E-state index contributed by atoms with van der Waals surface area (Å²) in [5.74, 6) is 1.49. The molecule has 2 aromatic heterocycles. The zero-order chi connectivity index (χ0) is 25.7. The lowest BCUT2D eigenvalue weighted by molar-refractivity contribution is -0.137. The fourth-order valence-corrected chi connectivity index (χ4v) is 4.58. The van der Waals surface area contributed by atoms with Crippen LogP contribution in [0.25, 0.3) is 21.6 Å². The van der Waals surface area contributed by atoms with Gasteiger partial charge in [0.25, 0.3) is 0 Å². The summed E-state index contributed by atoms with van der Waals surface area (Å²) in [6.45, 7) is 5.34. The first-order valence-corrected chi connectivity index (χ1v) is 12.6. The molecule has 4 rings (SSSR count). The molecular formula is C27H27F3N4OS. The molecular weight excluding hydrogens is 485 g/mol. The quantitative estimate of drug-likeness (QED) is 0.276. The largest absolute Gasteiger partial charge is 0.416 e. The number of amides is 1. The van der Waals surface area contributed by atoms with Crippen LogP contribution < -0.4 is 10.2 Å². The van der Waals surface area contributed by atoms with E-state index >= 15 is 0 Å². The van der Waals surface area contributed by atoms with Gasteiger partial charge in [0.15, 0.2) is 5.82 Å². The topological polar surface area (TPSA) is 58.1 Å². The summed E-state index contributed by atoms with van der Waals surface area (Å²) in [5.41, 5.74) is 0.503. The standard InChI is InChI=1S/C27H27F3N4OS/c1-18(2)17-34(13-12-24(35)31-16-19-7-5-8-20(15-19)27(28,29)30)26-21-9-3-4-10-22(21)32-25(33-26)23-11-6-14-36-23/h3-11,14-15,18H,12-13,16-17H2,1-2H3,(H,31,35). The number of hydrogen-bond acceptors (Lipinski definition) is 5. The van der Waals surface area contributed by atoms with E-state index in [1.165, 1.54) is 6.07 Å². The first-order chi connectivity index (χ1) is 17.2. The highest BCUT2D eigenvalue weighted by Gasteiger charge is 2.30. The molecule has 2 aromatic carbocycles. The van der Waals surface area contributed by atoms with Crippen molar-refractivity contribution in [3.8, 4) is 10.7 Å². The fourth-order valence-electron chi connectivity index (χ4n) is 3.92. The van der Waals surface area contributed by atoms with Crippen molar-refractivity contribution in [1.29, 1.82) is 0 Å². The van der Waals surface area contributed by atoms with E-state index in [1.807, 2.05) is 41.8 Å². The summed E-state index contributed by atoms with van der Waals surface area (Å²) in [6.07, 6.45) is -4.24. The second kappa shape index (κ2) is 11.1. The number of carbonyl (C=O) groups excluding carboxylic acids is 1. The van der Waals surface area contributed by atoms with E-state index in [-0.39, 0.29) is 18.9 Å². The van der Waals surface area contributed by atoms with Crippen LogP contribution in [0.2, 0.25) is 0 Å². The van der Waals surface area contributed by atoms with Crippen LogP contribution in [0.5, 0.6) is 0 Å². The number of para-hydroxylation sites is 1. The van der Waals surface area contributed by atoms with Crippen LogP contribution in [0.3, 0.4) is 0 Å². The number of alkyl halides is 3. The zero-order valence-electron chi connectivity index (χ0n) is 20.0. The maximum atomic E-state index is 13.0. The second-order valence-electron chi connectivity index (χ2n) is 8.93. The number of rotatable bonds is 9. The smallest absolute Gasteiger partial charge is 0.355 e. The van der Waals surface area contributed by atoms with Gasteiger partial charge in [-0.25, -0.2) is 9.97 Å². The van der Waals surface area contributed by atoms with Gasteiger partial charge in [-0.05, 0) is 47.2 Å². The molecule has 9 heteroatoms. The van der Waals surface area contributed by atoms with Crippen LogP contribution in [0.15, 0.2) is 66.0 Å². The highest BCUT2D eigenvalue weighted by Crippen LogP contribution is 2.31. The monoisotopic (exact) mass is 512 g/mol. The van der Waals surface area contributed by atoms with Crippen molar-refractivity contribution in [3.63, 3.8) is 0 Å². The Morgan fingerprint density at radius 2 is 1.86 bits per heavy atom. The molecule has 0 atom stereocenters. The Morgan fingerprint density at radius 3 is 2.58 bits per heavy atom. The van der Waals surface area contributed by atoms with Crippen molar-refractivity contribution >= 4 is 34.0 Å². The number of halogens is 3. The normalized spacial score (nSPS) is 11.7. The van der Waals surface area contributed by atoms with Gasteiger partial charge in [0.05, 0.1) is 16.0 Å². The van der Waals surface area contributed by atoms with Gasteiger partial charge >= 0.3 is 6.18 Å². The molecule has 0 spiro atoms. The number of anilines is 1. The second-order valence-corrected chi connectivity index (χ2v) is 9.88. The Hall–Kier alpha value is -3.46. The molecule has 1 amide bonds. The lowest BCUT2D eigenvalue weighted by Gasteiger charge is -2.27. The first-order valence-electron chi connectivity index (χ1n) is 11.7. The summed E-state index contributed by atoms with van der Waals surface area (Å²) >= 11 is 1.57. The van der Waals surface area contributed by atoms with E-state index in [1.54, 1.807) is 17.4 Å². The lowest BCUT2D eigenvalue weighted by Crippen LogP contribution is -2.34. The molecule has 0 bridgehead atoms. The van der Waals surface area contributed by atoms with Crippen molar-refractivity contribution in [2.45, 2.75) is 33.0 Å². The third-order valence-electron chi connectivity index (χ3n) is 5.56. The molecule has 0 aliphatic heterocycles. The summed E-state index contributed by atoms with van der Waals surface area (Å²) in [4.78, 5) is 25.3. The van der Waals surface area contributed by atoms with Gasteiger partial charge in [-0.2, -0.15) is 13.2 Å². The molecule has 0 radical (unpaired) electrons. The Bertz CT molecular complexity index is 1320. The predicted molar refractivity (Wildman–Crippen MR) is 138 cm³/mol. The molecule has 4 aromatic rings. The molecule has 0 aliphatic rings. The Morgan fingerprint density at radius 1 is 1.06 bits per heavy atom. The molecule has 0 fully saturated rings. The minimum atomic E-state index is -4.42. The van der Waals surface area contributed by atoms with Crippen molar-refractivity contribution < 1.29 is 18.0 Å². The van der Waals surface area contributed by atoms with Crippen molar-refractivity contribution in [1.82, 2.24) is 15.3 Å². The van der Waals surface area contributed by atoms with Gasteiger partial charge in [0.2, 0.25) is 5.91 Å². The van der Waals surface area contributed by atoms with Gasteiger partial charge in [-0.15, -0.1) is 11.3 Å². The van der Waals surface area contributed by atoms with Gasteiger partial charge < -0.3 is 10.2 Å². The molecule has 0 saturated heterocycles. The summed E-state index contributed by atoms with van der Waals surface area (Å²) in [5, 5.41) is 5.63. The van der Waals surface area contributed by atoms with Crippen LogP contribution in [0.4, 0.5) is 19.0 Å². The lowest BCUT2D eigenvalue weighted by atomic mass is 10.1. The molecule has 0 saturated carbocycles.